The molecule has 0 radical (unpaired) electrons. The highest BCUT2D eigenvalue weighted by atomic mass is 19.4. The van der Waals surface area contributed by atoms with E-state index in [0.29, 0.717) is 19.3 Å². The van der Waals surface area contributed by atoms with Crippen LogP contribution in [-0.2, 0) is 34.2 Å². The van der Waals surface area contributed by atoms with Gasteiger partial charge in [-0.1, -0.05) is 42.8 Å². The minimum absolute atomic E-state index is 0.00349. The van der Waals surface area contributed by atoms with E-state index < -0.39 is 23.9 Å². The summed E-state index contributed by atoms with van der Waals surface area (Å²) in [5.41, 5.74) is -2.87. The second-order valence-electron chi connectivity index (χ2n) is 8.85. The zero-order chi connectivity index (χ0) is 25.1. The van der Waals surface area contributed by atoms with Gasteiger partial charge < -0.3 is 14.2 Å². The highest BCUT2D eigenvalue weighted by Gasteiger charge is 2.64. The molecule has 0 saturated heterocycles. The second kappa shape index (κ2) is 10.3. The second-order valence-corrected chi connectivity index (χ2v) is 8.85. The molecule has 2 aliphatic carbocycles. The van der Waals surface area contributed by atoms with Gasteiger partial charge in [0.1, 0.15) is 6.10 Å². The van der Waals surface area contributed by atoms with Gasteiger partial charge in [-0.3, -0.25) is 9.59 Å². The van der Waals surface area contributed by atoms with Gasteiger partial charge in [0, 0.05) is 31.4 Å². The molecule has 0 heterocycles. The predicted molar refractivity (Wildman–Crippen MR) is 115 cm³/mol. The van der Waals surface area contributed by atoms with Crippen molar-refractivity contribution in [3.63, 3.8) is 0 Å². The normalized spacial score (nSPS) is 26.6. The molecule has 2 aliphatic rings. The van der Waals surface area contributed by atoms with Crippen LogP contribution in [0.1, 0.15) is 44.6 Å². The summed E-state index contributed by atoms with van der Waals surface area (Å²) in [4.78, 5) is 37.1. The van der Waals surface area contributed by atoms with Crippen LogP contribution in [0.4, 0.5) is 13.2 Å². The van der Waals surface area contributed by atoms with Gasteiger partial charge in [-0.05, 0) is 37.2 Å². The summed E-state index contributed by atoms with van der Waals surface area (Å²) < 4.78 is 57.3. The Kier molecular flexibility index (Phi) is 7.85. The first-order valence-electron chi connectivity index (χ1n) is 11.2. The summed E-state index contributed by atoms with van der Waals surface area (Å²) in [6, 6.07) is 6.66. The first-order chi connectivity index (χ1) is 16.0. The van der Waals surface area contributed by atoms with E-state index in [9.17, 15) is 27.6 Å². The molecule has 1 fully saturated rings. The summed E-state index contributed by atoms with van der Waals surface area (Å²) in [5, 5.41) is 0. The molecule has 3 rings (SSSR count). The van der Waals surface area contributed by atoms with Crippen LogP contribution in [0.25, 0.3) is 0 Å². The van der Waals surface area contributed by atoms with E-state index in [2.05, 4.69) is 0 Å². The first kappa shape index (κ1) is 25.9. The lowest BCUT2D eigenvalue weighted by Gasteiger charge is -2.41. The number of ether oxygens (including phenoxy) is 3. The average molecular weight is 482 g/mol. The molecular formula is C25H29F3O6. The Morgan fingerprint density at radius 3 is 2.35 bits per heavy atom. The van der Waals surface area contributed by atoms with Gasteiger partial charge in [-0.15, -0.1) is 0 Å². The summed E-state index contributed by atoms with van der Waals surface area (Å²) in [7, 11) is 2.13. The van der Waals surface area contributed by atoms with Crippen LogP contribution in [0.2, 0.25) is 0 Å². The molecule has 5 atom stereocenters. The van der Waals surface area contributed by atoms with E-state index in [0.717, 1.165) is 12.7 Å². The molecule has 9 heteroatoms. The van der Waals surface area contributed by atoms with Crippen molar-refractivity contribution in [2.75, 3.05) is 14.2 Å². The first-order valence-corrected chi connectivity index (χ1v) is 11.2. The highest BCUT2D eigenvalue weighted by Crippen LogP contribution is 2.47. The Bertz CT molecular complexity index is 942. The lowest BCUT2D eigenvalue weighted by Crippen LogP contribution is -2.52. The molecule has 0 aromatic heterocycles. The molecule has 0 amide bonds. The van der Waals surface area contributed by atoms with Crippen molar-refractivity contribution in [2.24, 2.45) is 17.8 Å². The summed E-state index contributed by atoms with van der Waals surface area (Å²) in [6.07, 6.45) is -2.66. The minimum Gasteiger partial charge on any atom is -0.469 e. The molecule has 1 saturated carbocycles. The van der Waals surface area contributed by atoms with Crippen molar-refractivity contribution in [2.45, 2.75) is 56.9 Å². The van der Waals surface area contributed by atoms with Gasteiger partial charge in [0.2, 0.25) is 0 Å². The minimum atomic E-state index is -5.05. The molecule has 0 spiro atoms. The average Bonchev–Trinajstić information content (AvgIpc) is 2.79. The molecule has 34 heavy (non-hydrogen) atoms. The third-order valence-electron chi connectivity index (χ3n) is 7.03. The predicted octanol–water partition coefficient (Wildman–Crippen LogP) is 4.52. The van der Waals surface area contributed by atoms with Crippen molar-refractivity contribution in [1.29, 1.82) is 0 Å². The number of alkyl halides is 3. The van der Waals surface area contributed by atoms with Gasteiger partial charge in [-0.25, -0.2) is 4.79 Å². The number of carbonyl (C=O) groups excluding carboxylic acids is 3. The van der Waals surface area contributed by atoms with Gasteiger partial charge in [0.15, 0.2) is 5.78 Å². The summed E-state index contributed by atoms with van der Waals surface area (Å²) in [5.74, 6) is -2.35. The van der Waals surface area contributed by atoms with Crippen LogP contribution in [0, 0.1) is 17.8 Å². The Balaban J connectivity index is 1.79. The third kappa shape index (κ3) is 4.89. The molecule has 6 nitrogen and oxygen atoms in total. The maximum Gasteiger partial charge on any atom is 0.432 e. The van der Waals surface area contributed by atoms with Crippen molar-refractivity contribution < 1.29 is 41.8 Å². The number of hydrogen-bond donors (Lipinski definition) is 0. The quantitative estimate of drug-likeness (QED) is 0.532. The maximum atomic E-state index is 14.1. The maximum absolute atomic E-state index is 14.1. The van der Waals surface area contributed by atoms with Gasteiger partial charge in [-0.2, -0.15) is 13.2 Å². The van der Waals surface area contributed by atoms with E-state index in [1.54, 1.807) is 0 Å². The van der Waals surface area contributed by atoms with E-state index in [4.69, 9.17) is 14.2 Å². The molecule has 0 unspecified atom stereocenters. The Morgan fingerprint density at radius 2 is 1.76 bits per heavy atom. The van der Waals surface area contributed by atoms with Crippen LogP contribution in [0.15, 0.2) is 42.0 Å². The number of rotatable bonds is 7. The zero-order valence-corrected chi connectivity index (χ0v) is 19.4. The van der Waals surface area contributed by atoms with Crippen LogP contribution in [0.3, 0.4) is 0 Å². The summed E-state index contributed by atoms with van der Waals surface area (Å²) in [6.45, 7) is 1.82. The Hall–Kier alpha value is -2.68. The SMILES string of the molecule is COC(=O)CC[C@H]1[C@@H](C)C(=O)C=C2C[C@@H](OC(=O)[C@@](OC)(c3ccccc3)C(F)(F)F)CC[C@@H]21. The number of carbonyl (C=O) groups is 3. The monoisotopic (exact) mass is 482 g/mol. The van der Waals surface area contributed by atoms with Gasteiger partial charge in [0.25, 0.3) is 5.60 Å². The molecule has 186 valence electrons. The van der Waals surface area contributed by atoms with Crippen LogP contribution >= 0.6 is 0 Å². The fourth-order valence-corrected chi connectivity index (χ4v) is 5.16. The van der Waals surface area contributed by atoms with Crippen LogP contribution in [0.5, 0.6) is 0 Å². The lowest BCUT2D eigenvalue weighted by atomic mass is 9.65. The molecule has 0 aliphatic heterocycles. The van der Waals surface area contributed by atoms with E-state index >= 15 is 0 Å². The number of methoxy groups -OCH3 is 2. The smallest absolute Gasteiger partial charge is 0.432 e. The number of allylic oxidation sites excluding steroid dienone is 1. The lowest BCUT2D eigenvalue weighted by molar-refractivity contribution is -0.278. The number of ketones is 1. The largest absolute Gasteiger partial charge is 0.469 e. The molecule has 0 bridgehead atoms. The topological polar surface area (TPSA) is 78.9 Å². The number of hydrogen-bond acceptors (Lipinski definition) is 6. The van der Waals surface area contributed by atoms with Gasteiger partial charge >= 0.3 is 18.1 Å². The van der Waals surface area contributed by atoms with Crippen molar-refractivity contribution in [3.05, 3.63) is 47.5 Å². The van der Waals surface area contributed by atoms with Gasteiger partial charge in [0.05, 0.1) is 7.11 Å². The highest BCUT2D eigenvalue weighted by molar-refractivity contribution is 5.93. The fraction of sp³-hybridized carbons (Fsp3) is 0.560. The fourth-order valence-electron chi connectivity index (χ4n) is 5.16. The molecule has 1 aromatic carbocycles. The molecule has 0 N–H and O–H groups in total. The van der Waals surface area contributed by atoms with Crippen molar-refractivity contribution in [3.8, 4) is 0 Å². The Labute approximate surface area is 196 Å². The number of benzene rings is 1. The zero-order valence-electron chi connectivity index (χ0n) is 19.4. The van der Waals surface area contributed by atoms with Crippen molar-refractivity contribution in [1.82, 2.24) is 0 Å². The van der Waals surface area contributed by atoms with Crippen LogP contribution < -0.4 is 0 Å². The van der Waals surface area contributed by atoms with Crippen LogP contribution in [-0.4, -0.2) is 44.2 Å². The summed E-state index contributed by atoms with van der Waals surface area (Å²) >= 11 is 0. The third-order valence-corrected chi connectivity index (χ3v) is 7.03. The standard InChI is InChI=1S/C25H29F3O6/c1-15-19(11-12-22(30)32-2)20-10-9-18(13-16(20)14-21(15)29)34-23(31)24(33-3,25(26,27)28)17-7-5-4-6-8-17/h4-8,14-15,18-20H,9-13H2,1-3H3/t15-,18+,19+,20+,24+/m1/s1. The number of esters is 2. The number of halogens is 3. The van der Waals surface area contributed by atoms with E-state index in [1.807, 2.05) is 6.92 Å². The molecular weight excluding hydrogens is 453 g/mol. The van der Waals surface area contributed by atoms with E-state index in [-0.39, 0.29) is 47.9 Å². The molecule has 1 aromatic rings. The van der Waals surface area contributed by atoms with E-state index in [1.165, 1.54) is 43.5 Å². The van der Waals surface area contributed by atoms with Crippen molar-refractivity contribution >= 4 is 17.7 Å². The Morgan fingerprint density at radius 1 is 1.09 bits per heavy atom. The number of fused-ring (bicyclic) bond motifs is 1.